The number of carbonyl (C=O) groups is 1. The summed E-state index contributed by atoms with van der Waals surface area (Å²) < 4.78 is 0. The van der Waals surface area contributed by atoms with E-state index in [9.17, 15) is 4.79 Å². The summed E-state index contributed by atoms with van der Waals surface area (Å²) in [7, 11) is 0. The zero-order chi connectivity index (χ0) is 13.1. The summed E-state index contributed by atoms with van der Waals surface area (Å²) in [4.78, 5) is 14.0. The summed E-state index contributed by atoms with van der Waals surface area (Å²) in [5.74, 6) is 0. The molecule has 0 bridgehead atoms. The van der Waals surface area contributed by atoms with E-state index in [1.807, 2.05) is 43.0 Å². The molecular formula is C14H21N3O. The van der Waals surface area contributed by atoms with Gasteiger partial charge in [0, 0.05) is 24.3 Å². The Labute approximate surface area is 108 Å². The Hall–Kier alpha value is -1.55. The first-order valence-corrected chi connectivity index (χ1v) is 6.55. The summed E-state index contributed by atoms with van der Waals surface area (Å²) in [6.07, 6.45) is 2.25. The first kappa shape index (κ1) is 12.9. The number of nitrogens with zero attached hydrogens (tertiary/aromatic N) is 1. The first-order valence-electron chi connectivity index (χ1n) is 6.55. The number of amides is 2. The summed E-state index contributed by atoms with van der Waals surface area (Å²) in [6, 6.07) is 8.12. The van der Waals surface area contributed by atoms with Gasteiger partial charge in [-0.1, -0.05) is 12.1 Å². The Bertz CT molecular complexity index is 427. The molecule has 2 amide bonds. The molecule has 1 aliphatic rings. The molecule has 1 aromatic rings. The van der Waals surface area contributed by atoms with Crippen LogP contribution in [0.15, 0.2) is 24.3 Å². The molecule has 1 saturated carbocycles. The highest BCUT2D eigenvalue weighted by molar-refractivity contribution is 5.89. The summed E-state index contributed by atoms with van der Waals surface area (Å²) in [6.45, 7) is 4.70. The Morgan fingerprint density at radius 1 is 1.56 bits per heavy atom. The second-order valence-corrected chi connectivity index (χ2v) is 4.86. The van der Waals surface area contributed by atoms with E-state index in [1.165, 1.54) is 0 Å². The number of anilines is 1. The molecule has 4 heteroatoms. The molecule has 18 heavy (non-hydrogen) atoms. The normalized spacial score (nSPS) is 16.2. The van der Waals surface area contributed by atoms with Crippen LogP contribution in [0.1, 0.15) is 38.3 Å². The van der Waals surface area contributed by atoms with E-state index >= 15 is 0 Å². The van der Waals surface area contributed by atoms with E-state index in [-0.39, 0.29) is 12.1 Å². The van der Waals surface area contributed by atoms with E-state index in [0.717, 1.165) is 30.6 Å². The quantitative estimate of drug-likeness (QED) is 0.859. The molecule has 0 aromatic heterocycles. The zero-order valence-corrected chi connectivity index (χ0v) is 11.0. The summed E-state index contributed by atoms with van der Waals surface area (Å²) in [5, 5.41) is 2.94. The van der Waals surface area contributed by atoms with Gasteiger partial charge < -0.3 is 16.0 Å². The highest BCUT2D eigenvalue weighted by Gasteiger charge is 2.31. The SMILES string of the molecule is CCN(C(=O)Nc1cccc(C(C)N)c1)C1CC1. The molecule has 0 spiro atoms. The zero-order valence-electron chi connectivity index (χ0n) is 11.0. The maximum Gasteiger partial charge on any atom is 0.322 e. The van der Waals surface area contributed by atoms with Crippen LogP contribution in [-0.4, -0.2) is 23.5 Å². The smallest absolute Gasteiger partial charge is 0.322 e. The minimum absolute atomic E-state index is 0.0122. The highest BCUT2D eigenvalue weighted by Crippen LogP contribution is 2.27. The van der Waals surface area contributed by atoms with E-state index in [0.29, 0.717) is 6.04 Å². The maximum atomic E-state index is 12.1. The number of rotatable bonds is 4. The standard InChI is InChI=1S/C14H21N3O/c1-3-17(13-7-8-13)14(18)16-12-6-4-5-11(9-12)10(2)15/h4-6,9-10,13H,3,7-8,15H2,1-2H3,(H,16,18). The van der Waals surface area contributed by atoms with Crippen molar-refractivity contribution in [3.8, 4) is 0 Å². The molecule has 98 valence electrons. The highest BCUT2D eigenvalue weighted by atomic mass is 16.2. The third kappa shape index (κ3) is 3.01. The Kier molecular flexibility index (Phi) is 3.87. The van der Waals surface area contributed by atoms with Gasteiger partial charge in [-0.05, 0) is 44.4 Å². The number of urea groups is 1. The monoisotopic (exact) mass is 247 g/mol. The third-order valence-electron chi connectivity index (χ3n) is 3.25. The van der Waals surface area contributed by atoms with Crippen molar-refractivity contribution in [1.29, 1.82) is 0 Å². The Morgan fingerprint density at radius 2 is 2.28 bits per heavy atom. The number of nitrogens with two attached hydrogens (primary N) is 1. The second kappa shape index (κ2) is 5.40. The fourth-order valence-electron chi connectivity index (χ4n) is 2.05. The van der Waals surface area contributed by atoms with Gasteiger partial charge in [0.15, 0.2) is 0 Å². The van der Waals surface area contributed by atoms with Crippen molar-refractivity contribution >= 4 is 11.7 Å². The van der Waals surface area contributed by atoms with Crippen molar-refractivity contribution in [3.63, 3.8) is 0 Å². The van der Waals surface area contributed by atoms with E-state index in [2.05, 4.69) is 5.32 Å². The predicted molar refractivity (Wildman–Crippen MR) is 73.5 cm³/mol. The molecule has 0 radical (unpaired) electrons. The molecular weight excluding hydrogens is 226 g/mol. The third-order valence-corrected chi connectivity index (χ3v) is 3.25. The lowest BCUT2D eigenvalue weighted by Crippen LogP contribution is -2.36. The average molecular weight is 247 g/mol. The van der Waals surface area contributed by atoms with Crippen LogP contribution in [0.2, 0.25) is 0 Å². The molecule has 2 rings (SSSR count). The van der Waals surface area contributed by atoms with Gasteiger partial charge in [0.05, 0.1) is 0 Å². The van der Waals surface area contributed by atoms with Gasteiger partial charge in [0.25, 0.3) is 0 Å². The van der Waals surface area contributed by atoms with Crippen molar-refractivity contribution in [2.45, 2.75) is 38.8 Å². The van der Waals surface area contributed by atoms with Crippen molar-refractivity contribution in [1.82, 2.24) is 4.90 Å². The minimum Gasteiger partial charge on any atom is -0.324 e. The van der Waals surface area contributed by atoms with Crippen molar-refractivity contribution in [2.75, 3.05) is 11.9 Å². The van der Waals surface area contributed by atoms with Crippen LogP contribution in [0.3, 0.4) is 0 Å². The molecule has 1 atom stereocenters. The van der Waals surface area contributed by atoms with Crippen molar-refractivity contribution < 1.29 is 4.79 Å². The van der Waals surface area contributed by atoms with Crippen LogP contribution < -0.4 is 11.1 Å². The van der Waals surface area contributed by atoms with Crippen LogP contribution in [0, 0.1) is 0 Å². The van der Waals surface area contributed by atoms with Gasteiger partial charge in [-0.3, -0.25) is 0 Å². The molecule has 0 aliphatic heterocycles. The van der Waals surface area contributed by atoms with Gasteiger partial charge in [-0.15, -0.1) is 0 Å². The number of hydrogen-bond acceptors (Lipinski definition) is 2. The fourth-order valence-corrected chi connectivity index (χ4v) is 2.05. The van der Waals surface area contributed by atoms with Gasteiger partial charge in [0.1, 0.15) is 0 Å². The Balaban J connectivity index is 2.03. The van der Waals surface area contributed by atoms with Gasteiger partial charge >= 0.3 is 6.03 Å². The van der Waals surface area contributed by atoms with E-state index < -0.39 is 0 Å². The molecule has 0 heterocycles. The summed E-state index contributed by atoms with van der Waals surface area (Å²) in [5.41, 5.74) is 7.68. The number of nitrogens with one attached hydrogen (secondary N) is 1. The van der Waals surface area contributed by atoms with Gasteiger partial charge in [0.2, 0.25) is 0 Å². The van der Waals surface area contributed by atoms with Crippen LogP contribution in [-0.2, 0) is 0 Å². The molecule has 1 aliphatic carbocycles. The lowest BCUT2D eigenvalue weighted by atomic mass is 10.1. The first-order chi connectivity index (χ1) is 8.61. The van der Waals surface area contributed by atoms with Gasteiger partial charge in [-0.2, -0.15) is 0 Å². The second-order valence-electron chi connectivity index (χ2n) is 4.86. The van der Waals surface area contributed by atoms with Crippen LogP contribution in [0.25, 0.3) is 0 Å². The largest absolute Gasteiger partial charge is 0.324 e. The topological polar surface area (TPSA) is 58.4 Å². The van der Waals surface area contributed by atoms with Gasteiger partial charge in [-0.25, -0.2) is 4.79 Å². The number of hydrogen-bond donors (Lipinski definition) is 2. The lowest BCUT2D eigenvalue weighted by Gasteiger charge is -2.21. The number of benzene rings is 1. The minimum atomic E-state index is -0.0208. The van der Waals surface area contributed by atoms with E-state index in [4.69, 9.17) is 5.73 Å². The van der Waals surface area contributed by atoms with Crippen molar-refractivity contribution in [3.05, 3.63) is 29.8 Å². The average Bonchev–Trinajstić information content (AvgIpc) is 3.14. The molecule has 1 aromatic carbocycles. The lowest BCUT2D eigenvalue weighted by molar-refractivity contribution is 0.212. The molecule has 0 saturated heterocycles. The van der Waals surface area contributed by atoms with E-state index in [1.54, 1.807) is 0 Å². The maximum absolute atomic E-state index is 12.1. The summed E-state index contributed by atoms with van der Waals surface area (Å²) >= 11 is 0. The van der Waals surface area contributed by atoms with Crippen molar-refractivity contribution in [2.24, 2.45) is 5.73 Å². The molecule has 1 unspecified atom stereocenters. The molecule has 1 fully saturated rings. The van der Waals surface area contributed by atoms with Crippen LogP contribution >= 0.6 is 0 Å². The van der Waals surface area contributed by atoms with Crippen LogP contribution in [0.5, 0.6) is 0 Å². The molecule has 4 nitrogen and oxygen atoms in total. The Morgan fingerprint density at radius 3 is 2.83 bits per heavy atom. The predicted octanol–water partition coefficient (Wildman–Crippen LogP) is 2.72. The number of carbonyl (C=O) groups excluding carboxylic acids is 1. The fraction of sp³-hybridized carbons (Fsp3) is 0.500. The van der Waals surface area contributed by atoms with Crippen LogP contribution in [0.4, 0.5) is 10.5 Å². The molecule has 3 N–H and O–H groups in total.